The molecule has 96 valence electrons. The topological polar surface area (TPSA) is 64.7 Å². The van der Waals surface area contributed by atoms with Gasteiger partial charge in [-0.2, -0.15) is 10.2 Å². The van der Waals surface area contributed by atoms with Crippen molar-refractivity contribution in [2.24, 2.45) is 0 Å². The Morgan fingerprint density at radius 1 is 1.50 bits per heavy atom. The number of amides is 1. The van der Waals surface area contributed by atoms with E-state index in [1.165, 1.54) is 0 Å². The van der Waals surface area contributed by atoms with Crippen molar-refractivity contribution < 1.29 is 4.79 Å². The van der Waals surface area contributed by atoms with Gasteiger partial charge >= 0.3 is 0 Å². The van der Waals surface area contributed by atoms with Crippen molar-refractivity contribution in [3.8, 4) is 0 Å². The fraction of sp³-hybridized carbons (Fsp3) is 0.364. The van der Waals surface area contributed by atoms with E-state index in [4.69, 9.17) is 0 Å². The number of halogens is 1. The second-order valence-electron chi connectivity index (χ2n) is 3.80. The zero-order valence-electron chi connectivity index (χ0n) is 10.0. The van der Waals surface area contributed by atoms with E-state index in [9.17, 15) is 4.79 Å². The van der Waals surface area contributed by atoms with E-state index in [2.05, 4.69) is 31.4 Å². The number of aryl methyl sites for hydroxylation is 1. The number of nitrogens with zero attached hydrogens (tertiary/aromatic N) is 4. The molecule has 0 spiro atoms. The van der Waals surface area contributed by atoms with E-state index < -0.39 is 0 Å². The van der Waals surface area contributed by atoms with Gasteiger partial charge in [-0.15, -0.1) is 0 Å². The number of hydrogen-bond acceptors (Lipinski definition) is 3. The number of carbonyl (C=O) groups excluding carboxylic acids is 1. The summed E-state index contributed by atoms with van der Waals surface area (Å²) in [5, 5.41) is 11.1. The van der Waals surface area contributed by atoms with Crippen LogP contribution in [-0.4, -0.2) is 25.5 Å². The van der Waals surface area contributed by atoms with Crippen molar-refractivity contribution in [1.29, 1.82) is 0 Å². The minimum Gasteiger partial charge on any atom is -0.349 e. The first-order chi connectivity index (χ1) is 8.67. The summed E-state index contributed by atoms with van der Waals surface area (Å²) in [6, 6.07) is 1.90. The first-order valence-electron chi connectivity index (χ1n) is 5.64. The highest BCUT2D eigenvalue weighted by Gasteiger charge is 2.05. The molecule has 0 aliphatic carbocycles. The summed E-state index contributed by atoms with van der Waals surface area (Å²) in [6.45, 7) is 3.49. The predicted molar refractivity (Wildman–Crippen MR) is 69.7 cm³/mol. The molecule has 0 aliphatic rings. The standard InChI is InChI=1S/C11H14BrN5O/c1-2-16-4-3-10(15-16)6-13-11(18)8-17-7-9(12)5-14-17/h3-5,7H,2,6,8H2,1H3,(H,13,18). The summed E-state index contributed by atoms with van der Waals surface area (Å²) in [4.78, 5) is 11.6. The van der Waals surface area contributed by atoms with Crippen molar-refractivity contribution in [3.63, 3.8) is 0 Å². The normalized spacial score (nSPS) is 10.6. The molecule has 2 heterocycles. The van der Waals surface area contributed by atoms with Crippen LogP contribution in [0.5, 0.6) is 0 Å². The lowest BCUT2D eigenvalue weighted by Crippen LogP contribution is -2.27. The molecule has 0 fully saturated rings. The lowest BCUT2D eigenvalue weighted by molar-refractivity contribution is -0.122. The van der Waals surface area contributed by atoms with Crippen LogP contribution in [0.3, 0.4) is 0 Å². The highest BCUT2D eigenvalue weighted by Crippen LogP contribution is 2.05. The molecule has 2 aromatic rings. The summed E-state index contributed by atoms with van der Waals surface area (Å²) in [5.41, 5.74) is 0.854. The van der Waals surface area contributed by atoms with Crippen LogP contribution in [0.25, 0.3) is 0 Å². The van der Waals surface area contributed by atoms with E-state index in [0.29, 0.717) is 6.54 Å². The van der Waals surface area contributed by atoms with E-state index in [1.54, 1.807) is 17.1 Å². The van der Waals surface area contributed by atoms with Gasteiger partial charge in [-0.1, -0.05) is 0 Å². The highest BCUT2D eigenvalue weighted by atomic mass is 79.9. The molecule has 0 saturated heterocycles. The molecule has 0 atom stereocenters. The lowest BCUT2D eigenvalue weighted by Gasteiger charge is -2.03. The third kappa shape index (κ3) is 3.43. The first kappa shape index (κ1) is 12.8. The number of carbonyl (C=O) groups is 1. The Kier molecular flexibility index (Phi) is 4.14. The Morgan fingerprint density at radius 3 is 2.94 bits per heavy atom. The fourth-order valence-electron chi connectivity index (χ4n) is 1.49. The molecular formula is C11H14BrN5O. The third-order valence-electron chi connectivity index (χ3n) is 2.39. The summed E-state index contributed by atoms with van der Waals surface area (Å²) < 4.78 is 4.26. The van der Waals surface area contributed by atoms with E-state index >= 15 is 0 Å². The summed E-state index contributed by atoms with van der Waals surface area (Å²) in [6.07, 6.45) is 5.30. The van der Waals surface area contributed by atoms with Gasteiger partial charge in [0.15, 0.2) is 0 Å². The monoisotopic (exact) mass is 311 g/mol. The smallest absolute Gasteiger partial charge is 0.242 e. The number of hydrogen-bond donors (Lipinski definition) is 1. The average molecular weight is 312 g/mol. The van der Waals surface area contributed by atoms with Crippen LogP contribution in [0.15, 0.2) is 29.1 Å². The minimum absolute atomic E-state index is 0.0864. The summed E-state index contributed by atoms with van der Waals surface area (Å²) in [7, 11) is 0. The molecule has 0 unspecified atom stereocenters. The van der Waals surface area contributed by atoms with Gasteiger partial charge < -0.3 is 5.32 Å². The third-order valence-corrected chi connectivity index (χ3v) is 2.80. The lowest BCUT2D eigenvalue weighted by atomic mass is 10.4. The van der Waals surface area contributed by atoms with Crippen molar-refractivity contribution in [3.05, 3.63) is 34.8 Å². The Morgan fingerprint density at radius 2 is 2.33 bits per heavy atom. The zero-order chi connectivity index (χ0) is 13.0. The Bertz CT molecular complexity index is 533. The van der Waals surface area contributed by atoms with E-state index in [0.717, 1.165) is 16.7 Å². The largest absolute Gasteiger partial charge is 0.349 e. The molecule has 0 aliphatic heterocycles. The molecule has 2 aromatic heterocycles. The van der Waals surface area contributed by atoms with Gasteiger partial charge in [-0.3, -0.25) is 14.2 Å². The van der Waals surface area contributed by atoms with Gasteiger partial charge in [-0.05, 0) is 28.9 Å². The molecule has 18 heavy (non-hydrogen) atoms. The zero-order valence-corrected chi connectivity index (χ0v) is 11.6. The maximum Gasteiger partial charge on any atom is 0.242 e. The molecule has 0 saturated carbocycles. The summed E-state index contributed by atoms with van der Waals surface area (Å²) in [5.74, 6) is -0.0864. The first-order valence-corrected chi connectivity index (χ1v) is 6.43. The molecule has 0 radical (unpaired) electrons. The van der Waals surface area contributed by atoms with Crippen LogP contribution >= 0.6 is 15.9 Å². The Labute approximate surface area is 113 Å². The molecule has 1 N–H and O–H groups in total. The van der Waals surface area contributed by atoms with Gasteiger partial charge in [0.2, 0.25) is 5.91 Å². The van der Waals surface area contributed by atoms with Crippen molar-refractivity contribution in [1.82, 2.24) is 24.9 Å². The van der Waals surface area contributed by atoms with Crippen LogP contribution in [0.4, 0.5) is 0 Å². The molecule has 0 bridgehead atoms. The van der Waals surface area contributed by atoms with Gasteiger partial charge in [0.05, 0.1) is 22.9 Å². The predicted octanol–water partition coefficient (Wildman–Crippen LogP) is 1.18. The maximum absolute atomic E-state index is 11.6. The number of aromatic nitrogens is 4. The van der Waals surface area contributed by atoms with E-state index in [-0.39, 0.29) is 12.5 Å². The fourth-order valence-corrected chi connectivity index (χ4v) is 1.82. The van der Waals surface area contributed by atoms with Gasteiger partial charge in [0, 0.05) is 18.9 Å². The van der Waals surface area contributed by atoms with Crippen LogP contribution in [0, 0.1) is 0 Å². The SMILES string of the molecule is CCn1ccc(CNC(=O)Cn2cc(Br)cn2)n1. The highest BCUT2D eigenvalue weighted by molar-refractivity contribution is 9.10. The summed E-state index contributed by atoms with van der Waals surface area (Å²) >= 11 is 3.28. The molecule has 1 amide bonds. The quantitative estimate of drug-likeness (QED) is 0.901. The van der Waals surface area contributed by atoms with Crippen molar-refractivity contribution in [2.45, 2.75) is 26.6 Å². The van der Waals surface area contributed by atoms with Crippen LogP contribution in [0.1, 0.15) is 12.6 Å². The van der Waals surface area contributed by atoms with Crippen LogP contribution in [-0.2, 0) is 24.4 Å². The average Bonchev–Trinajstić information content (AvgIpc) is 2.95. The minimum atomic E-state index is -0.0864. The van der Waals surface area contributed by atoms with Crippen molar-refractivity contribution >= 4 is 21.8 Å². The van der Waals surface area contributed by atoms with Crippen LogP contribution < -0.4 is 5.32 Å². The molecule has 6 nitrogen and oxygen atoms in total. The molecule has 2 rings (SSSR count). The maximum atomic E-state index is 11.6. The van der Waals surface area contributed by atoms with Gasteiger partial charge in [0.1, 0.15) is 6.54 Å². The Hall–Kier alpha value is -1.63. The van der Waals surface area contributed by atoms with Gasteiger partial charge in [-0.25, -0.2) is 0 Å². The number of rotatable bonds is 5. The van der Waals surface area contributed by atoms with E-state index in [1.807, 2.05) is 23.9 Å². The van der Waals surface area contributed by atoms with Crippen LogP contribution in [0.2, 0.25) is 0 Å². The molecule has 0 aromatic carbocycles. The molecule has 7 heteroatoms. The second-order valence-corrected chi connectivity index (χ2v) is 4.71. The second kappa shape index (κ2) is 5.81. The molecular weight excluding hydrogens is 298 g/mol. The number of nitrogens with one attached hydrogen (secondary N) is 1. The Balaban J connectivity index is 1.81. The van der Waals surface area contributed by atoms with Crippen molar-refractivity contribution in [2.75, 3.05) is 0 Å². The van der Waals surface area contributed by atoms with Gasteiger partial charge in [0.25, 0.3) is 0 Å².